The molecule has 1 aliphatic rings. The van der Waals surface area contributed by atoms with Gasteiger partial charge in [0, 0.05) is 18.9 Å². The topological polar surface area (TPSA) is 29.9 Å². The van der Waals surface area contributed by atoms with Gasteiger partial charge in [-0.3, -0.25) is 0 Å². The first-order valence-electron chi connectivity index (χ1n) is 6.78. The summed E-state index contributed by atoms with van der Waals surface area (Å²) in [6, 6.07) is 0. The molecule has 2 rings (SSSR count). The summed E-state index contributed by atoms with van der Waals surface area (Å²) in [5, 5.41) is 3.73. The number of rotatable bonds is 3. The molecule has 1 fully saturated rings. The Hall–Kier alpha value is -0.830. The molecule has 1 aromatic rings. The van der Waals surface area contributed by atoms with E-state index in [4.69, 9.17) is 0 Å². The second-order valence-electron chi connectivity index (χ2n) is 6.13. The molecule has 3 heteroatoms. The third-order valence-corrected chi connectivity index (χ3v) is 4.00. The van der Waals surface area contributed by atoms with Gasteiger partial charge in [-0.15, -0.1) is 0 Å². The summed E-state index contributed by atoms with van der Waals surface area (Å²) in [6.45, 7) is 11.3. The third kappa shape index (κ3) is 2.01. The van der Waals surface area contributed by atoms with Gasteiger partial charge in [-0.05, 0) is 31.2 Å². The van der Waals surface area contributed by atoms with Gasteiger partial charge in [0.25, 0.3) is 0 Å². The molecule has 1 N–H and O–H groups in total. The van der Waals surface area contributed by atoms with Crippen molar-refractivity contribution in [2.75, 3.05) is 6.54 Å². The Balaban J connectivity index is 2.43. The molecular formula is C14H25N3. The summed E-state index contributed by atoms with van der Waals surface area (Å²) in [5.41, 5.74) is 0.242. The van der Waals surface area contributed by atoms with E-state index in [1.807, 2.05) is 6.20 Å². The van der Waals surface area contributed by atoms with Crippen LogP contribution >= 0.6 is 0 Å². The van der Waals surface area contributed by atoms with Crippen molar-refractivity contribution in [3.05, 3.63) is 18.2 Å². The Morgan fingerprint density at radius 2 is 2.24 bits per heavy atom. The van der Waals surface area contributed by atoms with Gasteiger partial charge in [0.2, 0.25) is 0 Å². The van der Waals surface area contributed by atoms with E-state index >= 15 is 0 Å². The van der Waals surface area contributed by atoms with Crippen LogP contribution in [0.5, 0.6) is 0 Å². The van der Waals surface area contributed by atoms with Crippen molar-refractivity contribution < 1.29 is 0 Å². The lowest BCUT2D eigenvalue weighted by Crippen LogP contribution is -2.49. The average Bonchev–Trinajstić information content (AvgIpc) is 2.83. The number of aryl methyl sites for hydroxylation is 1. The Labute approximate surface area is 105 Å². The van der Waals surface area contributed by atoms with Crippen molar-refractivity contribution in [2.24, 2.45) is 5.41 Å². The highest BCUT2D eigenvalue weighted by atomic mass is 15.2. The molecule has 0 spiro atoms. The Morgan fingerprint density at radius 1 is 1.47 bits per heavy atom. The van der Waals surface area contributed by atoms with Gasteiger partial charge in [-0.2, -0.15) is 0 Å². The van der Waals surface area contributed by atoms with Crippen molar-refractivity contribution in [1.29, 1.82) is 0 Å². The number of aromatic nitrogens is 2. The van der Waals surface area contributed by atoms with Crippen LogP contribution < -0.4 is 5.32 Å². The van der Waals surface area contributed by atoms with Gasteiger partial charge in [0.1, 0.15) is 5.82 Å². The van der Waals surface area contributed by atoms with Crippen LogP contribution in [0.1, 0.15) is 52.8 Å². The molecule has 0 radical (unpaired) electrons. The van der Waals surface area contributed by atoms with Crippen molar-refractivity contribution in [3.8, 4) is 0 Å². The SMILES string of the molecule is CCCn1ccnc1C1(C(C)(C)C)CCCN1. The fourth-order valence-corrected chi connectivity index (χ4v) is 3.02. The lowest BCUT2D eigenvalue weighted by atomic mass is 9.72. The van der Waals surface area contributed by atoms with E-state index in [0.29, 0.717) is 0 Å². The van der Waals surface area contributed by atoms with Gasteiger partial charge >= 0.3 is 0 Å². The van der Waals surface area contributed by atoms with E-state index in [-0.39, 0.29) is 11.0 Å². The number of hydrogen-bond acceptors (Lipinski definition) is 2. The van der Waals surface area contributed by atoms with Crippen LogP contribution in [-0.2, 0) is 12.1 Å². The number of nitrogens with zero attached hydrogens (tertiary/aromatic N) is 2. The summed E-state index contributed by atoms with van der Waals surface area (Å²) in [7, 11) is 0. The summed E-state index contributed by atoms with van der Waals surface area (Å²) in [6.07, 6.45) is 7.65. The average molecular weight is 235 g/mol. The number of nitrogens with one attached hydrogen (secondary N) is 1. The molecule has 1 atom stereocenters. The molecule has 96 valence electrons. The molecule has 17 heavy (non-hydrogen) atoms. The van der Waals surface area contributed by atoms with E-state index in [9.17, 15) is 0 Å². The summed E-state index contributed by atoms with van der Waals surface area (Å²) in [4.78, 5) is 4.66. The van der Waals surface area contributed by atoms with Crippen LogP contribution in [-0.4, -0.2) is 16.1 Å². The van der Waals surface area contributed by atoms with E-state index < -0.39 is 0 Å². The first-order chi connectivity index (χ1) is 8.01. The third-order valence-electron chi connectivity index (χ3n) is 4.00. The molecule has 1 saturated heterocycles. The van der Waals surface area contributed by atoms with Crippen LogP contribution in [0, 0.1) is 5.41 Å². The minimum Gasteiger partial charge on any atom is -0.333 e. The summed E-state index contributed by atoms with van der Waals surface area (Å²) >= 11 is 0. The zero-order chi connectivity index (χ0) is 12.5. The van der Waals surface area contributed by atoms with Crippen molar-refractivity contribution >= 4 is 0 Å². The molecule has 1 aromatic heterocycles. The molecule has 0 amide bonds. The first kappa shape index (κ1) is 12.6. The molecule has 3 nitrogen and oxygen atoms in total. The van der Waals surface area contributed by atoms with Crippen LogP contribution in [0.15, 0.2) is 12.4 Å². The zero-order valence-corrected chi connectivity index (χ0v) is 11.6. The normalized spacial score (nSPS) is 25.4. The highest BCUT2D eigenvalue weighted by molar-refractivity contribution is 5.16. The van der Waals surface area contributed by atoms with Crippen LogP contribution in [0.3, 0.4) is 0 Å². The van der Waals surface area contributed by atoms with E-state index in [2.05, 4.69) is 48.8 Å². The van der Waals surface area contributed by atoms with E-state index in [0.717, 1.165) is 19.5 Å². The van der Waals surface area contributed by atoms with Gasteiger partial charge in [-0.25, -0.2) is 4.98 Å². The minimum absolute atomic E-state index is 0.0473. The van der Waals surface area contributed by atoms with Crippen molar-refractivity contribution in [1.82, 2.24) is 14.9 Å². The largest absolute Gasteiger partial charge is 0.333 e. The van der Waals surface area contributed by atoms with Crippen LogP contribution in [0.2, 0.25) is 0 Å². The highest BCUT2D eigenvalue weighted by Gasteiger charge is 2.48. The molecule has 0 aliphatic carbocycles. The number of imidazole rings is 1. The lowest BCUT2D eigenvalue weighted by Gasteiger charge is -2.41. The fourth-order valence-electron chi connectivity index (χ4n) is 3.02. The Kier molecular flexibility index (Phi) is 3.30. The zero-order valence-electron chi connectivity index (χ0n) is 11.6. The second-order valence-corrected chi connectivity index (χ2v) is 6.13. The predicted octanol–water partition coefficient (Wildman–Crippen LogP) is 2.92. The van der Waals surface area contributed by atoms with Gasteiger partial charge in [-0.1, -0.05) is 27.7 Å². The molecule has 2 heterocycles. The standard InChI is InChI=1S/C14H25N3/c1-5-10-17-11-9-15-12(17)14(13(2,3)4)7-6-8-16-14/h9,11,16H,5-8,10H2,1-4H3. The first-order valence-corrected chi connectivity index (χ1v) is 6.78. The summed E-state index contributed by atoms with van der Waals surface area (Å²) < 4.78 is 2.32. The van der Waals surface area contributed by atoms with Gasteiger partial charge in [0.15, 0.2) is 0 Å². The molecule has 1 aliphatic heterocycles. The minimum atomic E-state index is 0.0473. The maximum absolute atomic E-state index is 4.66. The molecule has 0 bridgehead atoms. The van der Waals surface area contributed by atoms with E-state index in [1.54, 1.807) is 0 Å². The molecular weight excluding hydrogens is 210 g/mol. The maximum atomic E-state index is 4.66. The van der Waals surface area contributed by atoms with Gasteiger partial charge < -0.3 is 9.88 Å². The number of hydrogen-bond donors (Lipinski definition) is 1. The van der Waals surface area contributed by atoms with Gasteiger partial charge in [0.05, 0.1) is 5.54 Å². The Morgan fingerprint density at radius 3 is 2.76 bits per heavy atom. The van der Waals surface area contributed by atoms with Crippen LogP contribution in [0.4, 0.5) is 0 Å². The van der Waals surface area contributed by atoms with Crippen molar-refractivity contribution in [2.45, 2.75) is 59.0 Å². The summed E-state index contributed by atoms with van der Waals surface area (Å²) in [5.74, 6) is 1.23. The molecule has 1 unspecified atom stereocenters. The predicted molar refractivity (Wildman–Crippen MR) is 70.9 cm³/mol. The fraction of sp³-hybridized carbons (Fsp3) is 0.786. The smallest absolute Gasteiger partial charge is 0.129 e. The lowest BCUT2D eigenvalue weighted by molar-refractivity contribution is 0.144. The second kappa shape index (κ2) is 4.45. The van der Waals surface area contributed by atoms with E-state index in [1.165, 1.54) is 18.7 Å². The van der Waals surface area contributed by atoms with Crippen LogP contribution in [0.25, 0.3) is 0 Å². The van der Waals surface area contributed by atoms with Crippen molar-refractivity contribution in [3.63, 3.8) is 0 Å². The maximum Gasteiger partial charge on any atom is 0.129 e. The molecule has 0 saturated carbocycles. The quantitative estimate of drug-likeness (QED) is 0.873. The molecule has 0 aromatic carbocycles. The highest BCUT2D eigenvalue weighted by Crippen LogP contribution is 2.44. The monoisotopic (exact) mass is 235 g/mol. The Bertz CT molecular complexity index is 367.